The van der Waals surface area contributed by atoms with E-state index in [0.29, 0.717) is 24.1 Å². The van der Waals surface area contributed by atoms with Gasteiger partial charge in [0.25, 0.3) is 0 Å². The van der Waals surface area contributed by atoms with Crippen LogP contribution in [0.4, 0.5) is 34.1 Å². The Labute approximate surface area is 413 Å². The highest BCUT2D eigenvalue weighted by molar-refractivity contribution is 5.99. The summed E-state index contributed by atoms with van der Waals surface area (Å²) >= 11 is 0. The van der Waals surface area contributed by atoms with Crippen LogP contribution < -0.4 is 21.3 Å². The molecule has 3 fully saturated rings. The van der Waals surface area contributed by atoms with Gasteiger partial charge in [-0.1, -0.05) is 138 Å². The third-order valence-corrected chi connectivity index (χ3v) is 13.0. The van der Waals surface area contributed by atoms with Crippen LogP contribution in [0.2, 0.25) is 0 Å². The van der Waals surface area contributed by atoms with Crippen LogP contribution in [-0.2, 0) is 39.4 Å². The van der Waals surface area contributed by atoms with Gasteiger partial charge in [0.1, 0.15) is 30.3 Å². The normalized spacial score (nSPS) is 25.3. The Hall–Kier alpha value is -5.85. The molecule has 3 saturated heterocycles. The van der Waals surface area contributed by atoms with E-state index in [1.165, 1.54) is 25.0 Å². The van der Waals surface area contributed by atoms with Crippen molar-refractivity contribution in [3.8, 4) is 0 Å². The van der Waals surface area contributed by atoms with E-state index in [-0.39, 0.29) is 36.8 Å². The number of hydrogen-bond acceptors (Lipinski definition) is 10. The molecule has 0 aliphatic carbocycles. The molecule has 0 aromatic heterocycles. The number of benzene rings is 4. The van der Waals surface area contributed by atoms with E-state index in [2.05, 4.69) is 28.2 Å². The highest BCUT2D eigenvalue weighted by Gasteiger charge is 2.57. The first kappa shape index (κ1) is 53.0. The molecule has 7 rings (SSSR count). The van der Waals surface area contributed by atoms with E-state index in [0.717, 1.165) is 49.8 Å². The topological polar surface area (TPSA) is 172 Å². The third-order valence-electron chi connectivity index (χ3n) is 13.0. The van der Waals surface area contributed by atoms with Crippen LogP contribution in [0.1, 0.15) is 111 Å². The Balaban J connectivity index is 1.23. The maximum absolute atomic E-state index is 15.1. The Morgan fingerprint density at radius 2 is 1.38 bits per heavy atom. The van der Waals surface area contributed by atoms with Gasteiger partial charge in [0, 0.05) is 28.9 Å². The number of aryl methyl sites for hydroxylation is 1. The van der Waals surface area contributed by atoms with E-state index >= 15 is 4.79 Å². The lowest BCUT2D eigenvalue weighted by Crippen LogP contribution is -2.68. The van der Waals surface area contributed by atoms with Crippen molar-refractivity contribution in [2.24, 2.45) is 5.92 Å². The molecule has 10 atom stereocenters. The molecule has 0 bridgehead atoms. The van der Waals surface area contributed by atoms with Crippen LogP contribution in [-0.4, -0.2) is 85.9 Å². The van der Waals surface area contributed by atoms with Crippen molar-refractivity contribution < 1.29 is 60.8 Å². The first-order valence-corrected chi connectivity index (χ1v) is 24.7. The molecule has 17 heteroatoms. The maximum Gasteiger partial charge on any atom is 0.416 e. The number of urea groups is 1. The highest BCUT2D eigenvalue weighted by atomic mass is 19.4. The Kier molecular flexibility index (Phi) is 19.0. The molecule has 382 valence electrons. The molecule has 4 amide bonds. The lowest BCUT2D eigenvalue weighted by Gasteiger charge is -2.50. The minimum atomic E-state index is -4.66. The van der Waals surface area contributed by atoms with Gasteiger partial charge >= 0.3 is 18.3 Å². The van der Waals surface area contributed by atoms with Gasteiger partial charge in [-0.3, -0.25) is 14.9 Å². The zero-order valence-electron chi connectivity index (χ0n) is 40.4. The van der Waals surface area contributed by atoms with Crippen LogP contribution in [0.3, 0.4) is 0 Å². The number of carbonyl (C=O) groups excluding carboxylic acids is 4. The van der Waals surface area contributed by atoms with E-state index in [4.69, 9.17) is 28.4 Å². The minimum absolute atomic E-state index is 0.0824. The molecule has 71 heavy (non-hydrogen) atoms. The quantitative estimate of drug-likeness (QED) is 0.0493. The van der Waals surface area contributed by atoms with Crippen molar-refractivity contribution in [2.45, 2.75) is 146 Å². The average Bonchev–Trinajstić information content (AvgIpc) is 3.35. The maximum atomic E-state index is 15.1. The summed E-state index contributed by atoms with van der Waals surface area (Å²) in [7, 11) is 0. The van der Waals surface area contributed by atoms with E-state index < -0.39 is 90.7 Å². The Morgan fingerprint density at radius 3 is 2.07 bits per heavy atom. The van der Waals surface area contributed by atoms with Gasteiger partial charge < -0.3 is 44.4 Å². The fourth-order valence-corrected chi connectivity index (χ4v) is 9.35. The van der Waals surface area contributed by atoms with E-state index in [9.17, 15) is 27.6 Å². The van der Waals surface area contributed by atoms with E-state index in [1.54, 1.807) is 48.5 Å². The molecule has 0 spiro atoms. The third kappa shape index (κ3) is 14.6. The fraction of sp³-hybridized carbons (Fsp3) is 0.481. The number of unbranched alkanes of at least 4 members (excludes halogenated alkanes) is 7. The average molecular weight is 987 g/mol. The van der Waals surface area contributed by atoms with Crippen molar-refractivity contribution in [3.63, 3.8) is 0 Å². The number of rotatable bonds is 20. The molecule has 4 aromatic rings. The van der Waals surface area contributed by atoms with Gasteiger partial charge in [0.2, 0.25) is 5.91 Å². The molecule has 0 radical (unpaired) electrons. The van der Waals surface area contributed by atoms with Crippen LogP contribution in [0.5, 0.6) is 0 Å². The van der Waals surface area contributed by atoms with Crippen LogP contribution in [0.15, 0.2) is 109 Å². The number of amides is 4. The number of carbonyl (C=O) groups is 4. The van der Waals surface area contributed by atoms with Gasteiger partial charge in [-0.05, 0) is 55.7 Å². The largest absolute Gasteiger partial charge is 0.442 e. The van der Waals surface area contributed by atoms with Gasteiger partial charge in [-0.25, -0.2) is 9.59 Å². The number of Topliss-reactive ketones (excluding diaryl/α,β-unsaturated/α-hetero) is 1. The number of halogens is 3. The van der Waals surface area contributed by atoms with E-state index in [1.807, 2.05) is 50.2 Å². The first-order chi connectivity index (χ1) is 34.3. The summed E-state index contributed by atoms with van der Waals surface area (Å²) < 4.78 is 80.1. The second kappa shape index (κ2) is 25.5. The van der Waals surface area contributed by atoms with Crippen LogP contribution in [0.25, 0.3) is 0 Å². The summed E-state index contributed by atoms with van der Waals surface area (Å²) in [5, 5.41) is 11.2. The van der Waals surface area contributed by atoms with Gasteiger partial charge in [0.15, 0.2) is 18.4 Å². The predicted molar refractivity (Wildman–Crippen MR) is 259 cm³/mol. The van der Waals surface area contributed by atoms with Crippen molar-refractivity contribution in [1.82, 2.24) is 10.6 Å². The summed E-state index contributed by atoms with van der Waals surface area (Å²) in [5.41, 5.74) is 1.16. The van der Waals surface area contributed by atoms with Gasteiger partial charge in [0.05, 0.1) is 37.0 Å². The van der Waals surface area contributed by atoms with Crippen molar-refractivity contribution >= 4 is 35.2 Å². The number of hydrogen-bond donors (Lipinski definition) is 4. The predicted octanol–water partition coefficient (Wildman–Crippen LogP) is 10.7. The monoisotopic (exact) mass is 986 g/mol. The number of ketones is 1. The Bertz CT molecular complexity index is 2360. The molecular formula is C54H65F3N4O10. The molecule has 14 nitrogen and oxygen atoms in total. The summed E-state index contributed by atoms with van der Waals surface area (Å²) in [6.45, 7) is 5.67. The molecule has 4 N–H and O–H groups in total. The molecule has 3 aliphatic heterocycles. The Morgan fingerprint density at radius 1 is 0.704 bits per heavy atom. The molecule has 4 aromatic carbocycles. The summed E-state index contributed by atoms with van der Waals surface area (Å²) in [6.07, 6.45) is -4.50. The molecule has 5 unspecified atom stereocenters. The summed E-state index contributed by atoms with van der Waals surface area (Å²) in [5.74, 6) is -2.23. The van der Waals surface area contributed by atoms with Crippen molar-refractivity contribution in [3.05, 3.63) is 131 Å². The number of ether oxygens (including phenoxy) is 6. The molecular weight excluding hydrogens is 922 g/mol. The molecule has 3 aliphatic rings. The lowest BCUT2D eigenvalue weighted by molar-refractivity contribution is -0.355. The second-order valence-electron chi connectivity index (χ2n) is 18.3. The standard InChI is InChI=1S/C54H65F3N4O10/c1-4-6-7-8-9-10-11-18-29-43(62)61-45-41(5-2)66-32-40(60-52(64)58-39-28-20-26-37(31-39)54(55,56)57)47(45)69-51-44(46(63)35-22-14-12-15-23-35)49(71-53(65)59-38-27-19-21-34(3)30-38)48-42(68-51)33-67-50(70-48)36-24-16-13-17-25-36/h12-17,19-28,30-31,40-42,44-45,47-51H,4-11,18,29,32-33H2,1-3H3,(H,59,65)(H,61,62)(H2,58,60,64)/t40?,41?,42?,44?,45-,47+,48-,49+,50?,51+/m0/s1. The number of fused-ring (bicyclic) bond motifs is 1. The lowest BCUT2D eigenvalue weighted by atomic mass is 9.84. The molecule has 3 heterocycles. The fourth-order valence-electron chi connectivity index (χ4n) is 9.35. The van der Waals surface area contributed by atoms with Gasteiger partial charge in [-0.15, -0.1) is 0 Å². The zero-order chi connectivity index (χ0) is 50.3. The second-order valence-corrected chi connectivity index (χ2v) is 18.3. The SMILES string of the molecule is CCCCCCCCCCC(=O)N[C@H]1C(CC)OCC(NC(=O)Nc2cccc(C(F)(F)F)c2)[C@H]1O[C@H]1OC2COC(c3ccccc3)O[C@@H]2[C@H](OC(=O)Nc2cccc(C)c2)C1C(=O)c1ccccc1. The van der Waals surface area contributed by atoms with Crippen LogP contribution in [0, 0.1) is 12.8 Å². The minimum Gasteiger partial charge on any atom is -0.442 e. The number of nitrogens with one attached hydrogen (secondary N) is 4. The highest BCUT2D eigenvalue weighted by Crippen LogP contribution is 2.41. The van der Waals surface area contributed by atoms with Crippen molar-refractivity contribution in [1.29, 1.82) is 0 Å². The summed E-state index contributed by atoms with van der Waals surface area (Å²) in [4.78, 5) is 56.9. The molecule has 0 saturated carbocycles. The number of alkyl halides is 3. The van der Waals surface area contributed by atoms with Gasteiger partial charge in [-0.2, -0.15) is 13.2 Å². The first-order valence-electron chi connectivity index (χ1n) is 24.7. The van der Waals surface area contributed by atoms with Crippen LogP contribution >= 0.6 is 0 Å². The smallest absolute Gasteiger partial charge is 0.416 e. The number of anilines is 2. The van der Waals surface area contributed by atoms with Crippen molar-refractivity contribution in [2.75, 3.05) is 23.8 Å². The zero-order valence-corrected chi connectivity index (χ0v) is 40.4. The summed E-state index contributed by atoms with van der Waals surface area (Å²) in [6, 6.07) is 25.9.